The molecule has 6 heteroatoms. The van der Waals surface area contributed by atoms with Gasteiger partial charge in [-0.1, -0.05) is 13.8 Å². The van der Waals surface area contributed by atoms with E-state index in [2.05, 4.69) is 33.8 Å². The van der Waals surface area contributed by atoms with Crippen molar-refractivity contribution in [2.75, 3.05) is 7.11 Å². The van der Waals surface area contributed by atoms with Gasteiger partial charge in [0.05, 0.1) is 7.11 Å². The van der Waals surface area contributed by atoms with E-state index < -0.39 is 0 Å². The zero-order chi connectivity index (χ0) is 15.0. The summed E-state index contributed by atoms with van der Waals surface area (Å²) >= 11 is 0. The molecule has 0 amide bonds. The summed E-state index contributed by atoms with van der Waals surface area (Å²) in [6.45, 7) is 4.43. The van der Waals surface area contributed by atoms with Crippen LogP contribution in [0.3, 0.4) is 0 Å². The summed E-state index contributed by atoms with van der Waals surface area (Å²) in [6, 6.07) is 1.73. The first-order valence-corrected chi connectivity index (χ1v) is 6.96. The van der Waals surface area contributed by atoms with Crippen molar-refractivity contribution in [3.63, 3.8) is 0 Å². The molecule has 110 valence electrons. The van der Waals surface area contributed by atoms with E-state index in [0.717, 1.165) is 24.1 Å². The van der Waals surface area contributed by atoms with Gasteiger partial charge in [-0.15, -0.1) is 0 Å². The van der Waals surface area contributed by atoms with Crippen molar-refractivity contribution in [1.29, 1.82) is 0 Å². The van der Waals surface area contributed by atoms with Crippen LogP contribution in [0.5, 0.6) is 5.88 Å². The van der Waals surface area contributed by atoms with Gasteiger partial charge in [-0.05, 0) is 18.3 Å². The van der Waals surface area contributed by atoms with Crippen LogP contribution in [0, 0.1) is 5.41 Å². The number of hydrogen-bond donors (Lipinski definition) is 1. The summed E-state index contributed by atoms with van der Waals surface area (Å²) in [7, 11) is 1.57. The molecule has 1 aliphatic carbocycles. The summed E-state index contributed by atoms with van der Waals surface area (Å²) in [6.07, 6.45) is 5.12. The molecule has 1 unspecified atom stereocenters. The SMILES string of the molecule is COc1cc(-c2ncc3c(n2)CC(C)(C)CC3N)ncn1. The average Bonchev–Trinajstić information content (AvgIpc) is 2.45. The van der Waals surface area contributed by atoms with Gasteiger partial charge in [-0.25, -0.2) is 19.9 Å². The van der Waals surface area contributed by atoms with E-state index in [4.69, 9.17) is 10.5 Å². The lowest BCUT2D eigenvalue weighted by atomic mass is 9.74. The standard InChI is InChI=1S/C15H19N5O/c1-15(2)5-10(16)9-7-17-14(20-12(9)6-15)11-4-13(21-3)19-8-18-11/h4,7-8,10H,5-6,16H2,1-3H3. The van der Waals surface area contributed by atoms with Crippen molar-refractivity contribution in [3.05, 3.63) is 29.8 Å². The Kier molecular flexibility index (Phi) is 3.33. The first-order chi connectivity index (χ1) is 9.98. The molecule has 21 heavy (non-hydrogen) atoms. The Labute approximate surface area is 123 Å². The number of methoxy groups -OCH3 is 1. The van der Waals surface area contributed by atoms with Gasteiger partial charge in [0.2, 0.25) is 5.88 Å². The second-order valence-electron chi connectivity index (χ2n) is 6.19. The zero-order valence-electron chi connectivity index (χ0n) is 12.5. The summed E-state index contributed by atoms with van der Waals surface area (Å²) in [5.74, 6) is 1.08. The van der Waals surface area contributed by atoms with Gasteiger partial charge in [0.15, 0.2) is 5.82 Å². The molecule has 2 aromatic heterocycles. The van der Waals surface area contributed by atoms with Crippen LogP contribution >= 0.6 is 0 Å². The highest BCUT2D eigenvalue weighted by atomic mass is 16.5. The number of rotatable bonds is 2. The molecule has 2 aromatic rings. The summed E-state index contributed by atoms with van der Waals surface area (Å²) in [4.78, 5) is 17.3. The number of ether oxygens (including phenoxy) is 1. The van der Waals surface area contributed by atoms with E-state index >= 15 is 0 Å². The molecule has 2 heterocycles. The number of aromatic nitrogens is 4. The maximum absolute atomic E-state index is 6.23. The monoisotopic (exact) mass is 285 g/mol. The smallest absolute Gasteiger partial charge is 0.216 e. The van der Waals surface area contributed by atoms with Crippen LogP contribution in [-0.2, 0) is 6.42 Å². The molecule has 0 spiro atoms. The highest BCUT2D eigenvalue weighted by Crippen LogP contribution is 2.38. The lowest BCUT2D eigenvalue weighted by Gasteiger charge is -2.34. The van der Waals surface area contributed by atoms with Crippen molar-refractivity contribution >= 4 is 0 Å². The van der Waals surface area contributed by atoms with E-state index in [0.29, 0.717) is 17.4 Å². The first kappa shape index (κ1) is 13.9. The number of fused-ring (bicyclic) bond motifs is 1. The second kappa shape index (κ2) is 5.04. The molecule has 0 aliphatic heterocycles. The molecule has 0 bridgehead atoms. The van der Waals surface area contributed by atoms with Crippen molar-refractivity contribution < 1.29 is 4.74 Å². The van der Waals surface area contributed by atoms with Crippen LogP contribution in [0.1, 0.15) is 37.6 Å². The highest BCUT2D eigenvalue weighted by Gasteiger charge is 2.31. The van der Waals surface area contributed by atoms with E-state index in [1.54, 1.807) is 13.2 Å². The maximum atomic E-state index is 6.23. The van der Waals surface area contributed by atoms with Crippen molar-refractivity contribution in [1.82, 2.24) is 19.9 Å². The third-order valence-electron chi connectivity index (χ3n) is 3.80. The van der Waals surface area contributed by atoms with Crippen molar-refractivity contribution in [2.24, 2.45) is 11.1 Å². The topological polar surface area (TPSA) is 86.8 Å². The van der Waals surface area contributed by atoms with E-state index in [-0.39, 0.29) is 11.5 Å². The Morgan fingerprint density at radius 3 is 2.86 bits per heavy atom. The van der Waals surface area contributed by atoms with Crippen LogP contribution in [0.4, 0.5) is 0 Å². The molecule has 0 radical (unpaired) electrons. The fourth-order valence-electron chi connectivity index (χ4n) is 2.81. The Morgan fingerprint density at radius 2 is 2.10 bits per heavy atom. The van der Waals surface area contributed by atoms with Gasteiger partial charge in [0, 0.05) is 29.6 Å². The van der Waals surface area contributed by atoms with E-state index in [9.17, 15) is 0 Å². The Morgan fingerprint density at radius 1 is 1.29 bits per heavy atom. The largest absolute Gasteiger partial charge is 0.481 e. The number of nitrogens with zero attached hydrogens (tertiary/aromatic N) is 4. The van der Waals surface area contributed by atoms with E-state index in [1.165, 1.54) is 6.33 Å². The molecule has 2 N–H and O–H groups in total. The number of hydrogen-bond acceptors (Lipinski definition) is 6. The number of nitrogens with two attached hydrogens (primary N) is 1. The van der Waals surface area contributed by atoms with Crippen LogP contribution in [0.25, 0.3) is 11.5 Å². The van der Waals surface area contributed by atoms with Gasteiger partial charge in [0.1, 0.15) is 12.0 Å². The fraction of sp³-hybridized carbons (Fsp3) is 0.467. The second-order valence-corrected chi connectivity index (χ2v) is 6.19. The van der Waals surface area contributed by atoms with Crippen molar-refractivity contribution in [3.8, 4) is 17.4 Å². The van der Waals surface area contributed by atoms with E-state index in [1.807, 2.05) is 6.20 Å². The molecule has 0 aromatic carbocycles. The molecular formula is C15H19N5O. The fourth-order valence-corrected chi connectivity index (χ4v) is 2.81. The summed E-state index contributed by atoms with van der Waals surface area (Å²) < 4.78 is 5.11. The predicted molar refractivity (Wildman–Crippen MR) is 78.6 cm³/mol. The van der Waals surface area contributed by atoms with Gasteiger partial charge < -0.3 is 10.5 Å². The molecule has 3 rings (SSSR count). The molecule has 1 atom stereocenters. The van der Waals surface area contributed by atoms with Crippen LogP contribution in [0.15, 0.2) is 18.6 Å². The lowest BCUT2D eigenvalue weighted by Crippen LogP contribution is -2.30. The van der Waals surface area contributed by atoms with Gasteiger partial charge in [0.25, 0.3) is 0 Å². The normalized spacial score (nSPS) is 19.9. The summed E-state index contributed by atoms with van der Waals surface area (Å²) in [5.41, 5.74) is 9.10. The minimum atomic E-state index is -0.00210. The van der Waals surface area contributed by atoms with Crippen molar-refractivity contribution in [2.45, 2.75) is 32.7 Å². The van der Waals surface area contributed by atoms with Crippen LogP contribution in [0.2, 0.25) is 0 Å². The Balaban J connectivity index is 2.03. The molecular weight excluding hydrogens is 266 g/mol. The predicted octanol–water partition coefficient (Wildman–Crippen LogP) is 1.91. The summed E-state index contributed by atoms with van der Waals surface area (Å²) in [5, 5.41) is 0. The zero-order valence-corrected chi connectivity index (χ0v) is 12.5. The minimum Gasteiger partial charge on any atom is -0.481 e. The first-order valence-electron chi connectivity index (χ1n) is 6.96. The molecule has 6 nitrogen and oxygen atoms in total. The third-order valence-corrected chi connectivity index (χ3v) is 3.80. The molecule has 0 saturated carbocycles. The van der Waals surface area contributed by atoms with Gasteiger partial charge in [-0.2, -0.15) is 0 Å². The van der Waals surface area contributed by atoms with Gasteiger partial charge in [-0.3, -0.25) is 0 Å². The Hall–Kier alpha value is -2.08. The van der Waals surface area contributed by atoms with Crippen LogP contribution in [-0.4, -0.2) is 27.0 Å². The minimum absolute atomic E-state index is 0.00210. The van der Waals surface area contributed by atoms with Gasteiger partial charge >= 0.3 is 0 Å². The van der Waals surface area contributed by atoms with Crippen LogP contribution < -0.4 is 10.5 Å². The molecule has 0 fully saturated rings. The third kappa shape index (κ3) is 2.71. The molecule has 1 aliphatic rings. The maximum Gasteiger partial charge on any atom is 0.216 e. The highest BCUT2D eigenvalue weighted by molar-refractivity contribution is 5.51. The average molecular weight is 285 g/mol. The molecule has 0 saturated heterocycles. The Bertz CT molecular complexity index is 671. The lowest BCUT2D eigenvalue weighted by molar-refractivity contribution is 0.278. The quantitative estimate of drug-likeness (QED) is 0.907.